The van der Waals surface area contributed by atoms with Crippen molar-refractivity contribution < 1.29 is 13.2 Å². The molecular weight excluding hydrogens is 309 g/mol. The first-order valence-corrected chi connectivity index (χ1v) is 6.99. The van der Waals surface area contributed by atoms with Crippen LogP contribution in [0.2, 0.25) is 0 Å². The van der Waals surface area contributed by atoms with Crippen molar-refractivity contribution >= 4 is 23.3 Å². The van der Waals surface area contributed by atoms with Crippen LogP contribution in [-0.2, 0) is 0 Å². The predicted octanol–water partition coefficient (Wildman–Crippen LogP) is 1.76. The molecule has 0 amide bonds. The van der Waals surface area contributed by atoms with Crippen molar-refractivity contribution in [1.29, 1.82) is 0 Å². The van der Waals surface area contributed by atoms with E-state index in [4.69, 9.17) is 11.5 Å². The second-order valence-electron chi connectivity index (χ2n) is 5.34. The zero-order valence-electron chi connectivity index (χ0n) is 12.1. The molecule has 0 radical (unpaired) electrons. The molecule has 2 aromatic rings. The summed E-state index contributed by atoms with van der Waals surface area (Å²) < 4.78 is 39.5. The molecular formula is C14H15F3N6. The van der Waals surface area contributed by atoms with Crippen molar-refractivity contribution in [3.8, 4) is 0 Å². The lowest BCUT2D eigenvalue weighted by Crippen LogP contribution is -2.27. The molecule has 3 rings (SSSR count). The first-order chi connectivity index (χ1) is 10.9. The predicted molar refractivity (Wildman–Crippen MR) is 80.8 cm³/mol. The van der Waals surface area contributed by atoms with Crippen LogP contribution >= 0.6 is 0 Å². The molecule has 2 heterocycles. The zero-order chi connectivity index (χ0) is 16.6. The van der Waals surface area contributed by atoms with Crippen LogP contribution < -0.4 is 21.7 Å². The molecule has 6 nitrogen and oxygen atoms in total. The van der Waals surface area contributed by atoms with Crippen molar-refractivity contribution in [3.05, 3.63) is 35.7 Å². The van der Waals surface area contributed by atoms with Crippen LogP contribution in [0, 0.1) is 17.5 Å². The van der Waals surface area contributed by atoms with Gasteiger partial charge >= 0.3 is 0 Å². The van der Waals surface area contributed by atoms with Gasteiger partial charge in [-0.25, -0.2) is 13.2 Å². The highest BCUT2D eigenvalue weighted by atomic mass is 19.2. The Morgan fingerprint density at radius 3 is 2.43 bits per heavy atom. The number of nitrogens with zero attached hydrogens (tertiary/aromatic N) is 3. The Morgan fingerprint density at radius 2 is 1.83 bits per heavy atom. The maximum absolute atomic E-state index is 13.3. The van der Waals surface area contributed by atoms with Crippen molar-refractivity contribution in [1.82, 2.24) is 9.97 Å². The molecule has 0 spiro atoms. The SMILES string of the molecule is Nc1nc(Nc2cc(F)c(F)c(F)c2)cc(N2CC[C@@H](N)C2)n1. The van der Waals surface area contributed by atoms with Gasteiger partial charge in [0, 0.05) is 43.0 Å². The van der Waals surface area contributed by atoms with Crippen molar-refractivity contribution in [2.75, 3.05) is 29.0 Å². The summed E-state index contributed by atoms with van der Waals surface area (Å²) in [4.78, 5) is 10.0. The topological polar surface area (TPSA) is 93.1 Å². The molecule has 1 aliphatic rings. The van der Waals surface area contributed by atoms with Crippen LogP contribution in [0.5, 0.6) is 0 Å². The molecule has 5 N–H and O–H groups in total. The average molecular weight is 324 g/mol. The van der Waals surface area contributed by atoms with E-state index >= 15 is 0 Å². The minimum atomic E-state index is -1.52. The molecule has 0 bridgehead atoms. The molecule has 1 atom stereocenters. The van der Waals surface area contributed by atoms with Gasteiger partial charge in [-0.2, -0.15) is 9.97 Å². The van der Waals surface area contributed by atoms with E-state index in [0.29, 0.717) is 12.4 Å². The fourth-order valence-corrected chi connectivity index (χ4v) is 2.45. The van der Waals surface area contributed by atoms with Crippen LogP contribution in [0.4, 0.5) is 36.4 Å². The van der Waals surface area contributed by atoms with Gasteiger partial charge in [0.05, 0.1) is 0 Å². The Kier molecular flexibility index (Phi) is 3.95. The Bertz CT molecular complexity index is 715. The number of nitrogens with two attached hydrogens (primary N) is 2. The summed E-state index contributed by atoms with van der Waals surface area (Å²) in [6, 6.07) is 3.32. The van der Waals surface area contributed by atoms with Gasteiger partial charge in [0.15, 0.2) is 17.5 Å². The summed E-state index contributed by atoms with van der Waals surface area (Å²) in [6.45, 7) is 1.37. The second-order valence-corrected chi connectivity index (χ2v) is 5.34. The molecule has 122 valence electrons. The van der Waals surface area contributed by atoms with Gasteiger partial charge in [-0.15, -0.1) is 0 Å². The van der Waals surface area contributed by atoms with E-state index < -0.39 is 17.5 Å². The number of hydrogen-bond donors (Lipinski definition) is 3. The first-order valence-electron chi connectivity index (χ1n) is 6.99. The minimum absolute atomic E-state index is 0.00790. The quantitative estimate of drug-likeness (QED) is 0.745. The molecule has 1 aliphatic heterocycles. The number of rotatable bonds is 3. The van der Waals surface area contributed by atoms with Crippen molar-refractivity contribution in [2.24, 2.45) is 5.73 Å². The van der Waals surface area contributed by atoms with E-state index in [0.717, 1.165) is 25.1 Å². The first kappa shape index (κ1) is 15.3. The molecule has 0 aliphatic carbocycles. The van der Waals surface area contributed by atoms with Crippen LogP contribution in [-0.4, -0.2) is 29.1 Å². The number of anilines is 4. The molecule has 1 saturated heterocycles. The Labute approximate surface area is 130 Å². The van der Waals surface area contributed by atoms with Gasteiger partial charge in [0.1, 0.15) is 11.6 Å². The Morgan fingerprint density at radius 1 is 1.13 bits per heavy atom. The molecule has 1 aromatic heterocycles. The van der Waals surface area contributed by atoms with Gasteiger partial charge in [0.25, 0.3) is 0 Å². The Balaban J connectivity index is 1.87. The number of hydrogen-bond acceptors (Lipinski definition) is 6. The largest absolute Gasteiger partial charge is 0.368 e. The fourth-order valence-electron chi connectivity index (χ4n) is 2.45. The lowest BCUT2D eigenvalue weighted by Gasteiger charge is -2.18. The van der Waals surface area contributed by atoms with Crippen molar-refractivity contribution in [2.45, 2.75) is 12.5 Å². The summed E-state index contributed by atoms with van der Waals surface area (Å²) in [5.41, 5.74) is 11.5. The smallest absolute Gasteiger partial charge is 0.223 e. The standard InChI is InChI=1S/C14H15F3N6/c15-9-3-8(4-10(16)13(9)17)20-11-5-12(22-14(19)21-11)23-2-1-7(18)6-23/h3-5,7H,1-2,6,18H2,(H3,19,20,21,22)/t7-/m1/s1. The van der Waals surface area contributed by atoms with E-state index in [1.165, 1.54) is 0 Å². The number of halogens is 3. The molecule has 23 heavy (non-hydrogen) atoms. The lowest BCUT2D eigenvalue weighted by molar-refractivity contribution is 0.448. The summed E-state index contributed by atoms with van der Waals surface area (Å²) in [5.74, 6) is -3.28. The summed E-state index contributed by atoms with van der Waals surface area (Å²) in [5, 5.41) is 2.69. The Hall–Kier alpha value is -2.55. The van der Waals surface area contributed by atoms with E-state index in [9.17, 15) is 13.2 Å². The van der Waals surface area contributed by atoms with Crippen LogP contribution in [0.15, 0.2) is 18.2 Å². The van der Waals surface area contributed by atoms with Gasteiger partial charge in [-0.1, -0.05) is 0 Å². The van der Waals surface area contributed by atoms with E-state index in [-0.39, 0.29) is 23.5 Å². The molecule has 1 fully saturated rings. The van der Waals surface area contributed by atoms with E-state index in [1.54, 1.807) is 6.07 Å². The van der Waals surface area contributed by atoms with Crippen molar-refractivity contribution in [3.63, 3.8) is 0 Å². The maximum Gasteiger partial charge on any atom is 0.223 e. The van der Waals surface area contributed by atoms with E-state index in [1.807, 2.05) is 4.90 Å². The number of benzene rings is 1. The number of aromatic nitrogens is 2. The molecule has 0 unspecified atom stereocenters. The lowest BCUT2D eigenvalue weighted by atomic mass is 10.3. The summed E-state index contributed by atoms with van der Waals surface area (Å²) in [7, 11) is 0. The summed E-state index contributed by atoms with van der Waals surface area (Å²) in [6.07, 6.45) is 0.834. The highest BCUT2D eigenvalue weighted by Gasteiger charge is 2.21. The zero-order valence-corrected chi connectivity index (χ0v) is 12.1. The van der Waals surface area contributed by atoms with Crippen LogP contribution in [0.1, 0.15) is 6.42 Å². The van der Waals surface area contributed by atoms with Gasteiger partial charge in [-0.05, 0) is 6.42 Å². The highest BCUT2D eigenvalue weighted by molar-refractivity contribution is 5.61. The monoisotopic (exact) mass is 324 g/mol. The van der Waals surface area contributed by atoms with E-state index in [2.05, 4.69) is 15.3 Å². The molecule has 9 heteroatoms. The normalized spacial score (nSPS) is 17.6. The number of nitrogen functional groups attached to an aromatic ring is 1. The van der Waals surface area contributed by atoms with Gasteiger partial charge in [-0.3, -0.25) is 0 Å². The average Bonchev–Trinajstić information content (AvgIpc) is 2.91. The third-order valence-electron chi connectivity index (χ3n) is 3.53. The van der Waals surface area contributed by atoms with Crippen LogP contribution in [0.25, 0.3) is 0 Å². The van der Waals surface area contributed by atoms with Gasteiger partial charge < -0.3 is 21.7 Å². The third-order valence-corrected chi connectivity index (χ3v) is 3.53. The molecule has 1 aromatic carbocycles. The number of nitrogens with one attached hydrogen (secondary N) is 1. The van der Waals surface area contributed by atoms with Crippen LogP contribution in [0.3, 0.4) is 0 Å². The molecule has 0 saturated carbocycles. The maximum atomic E-state index is 13.3. The van der Waals surface area contributed by atoms with Gasteiger partial charge in [0.2, 0.25) is 5.95 Å². The second kappa shape index (κ2) is 5.92. The third kappa shape index (κ3) is 3.29. The fraction of sp³-hybridized carbons (Fsp3) is 0.286. The highest BCUT2D eigenvalue weighted by Crippen LogP contribution is 2.25. The minimum Gasteiger partial charge on any atom is -0.368 e. The summed E-state index contributed by atoms with van der Waals surface area (Å²) >= 11 is 0.